The molecule has 0 aliphatic carbocycles. The van der Waals surface area contributed by atoms with Crippen molar-refractivity contribution in [2.24, 2.45) is 0 Å². The van der Waals surface area contributed by atoms with E-state index >= 15 is 0 Å². The third-order valence-electron chi connectivity index (χ3n) is 1.38. The van der Waals surface area contributed by atoms with Gasteiger partial charge in [-0.15, -0.1) is 0 Å². The predicted octanol–water partition coefficient (Wildman–Crippen LogP) is 1.78. The van der Waals surface area contributed by atoms with E-state index in [0.29, 0.717) is 11.4 Å². The molecule has 0 fully saturated rings. The van der Waals surface area contributed by atoms with Gasteiger partial charge in [-0.3, -0.25) is 0 Å². The maximum Gasteiger partial charge on any atom is 0.146 e. The second-order valence-electron chi connectivity index (χ2n) is 2.53. The molecule has 0 aliphatic heterocycles. The Morgan fingerprint density at radius 2 is 2.25 bits per heavy atom. The van der Waals surface area contributed by atoms with Gasteiger partial charge in [-0.05, 0) is 22.0 Å². The van der Waals surface area contributed by atoms with Gasteiger partial charge in [-0.1, -0.05) is 0 Å². The molecule has 0 aliphatic rings. The zero-order valence-corrected chi connectivity index (χ0v) is 8.46. The van der Waals surface area contributed by atoms with E-state index in [0.717, 1.165) is 4.47 Å². The van der Waals surface area contributed by atoms with Crippen molar-refractivity contribution in [3.63, 3.8) is 0 Å². The number of halogens is 1. The average Bonchev–Trinajstić information content (AvgIpc) is 2.03. The Bertz CT molecular complexity index is 328. The molecule has 0 bridgehead atoms. The van der Waals surface area contributed by atoms with Gasteiger partial charge in [0.1, 0.15) is 11.9 Å². The number of nitrogens with zero attached hydrogens (tertiary/aromatic N) is 3. The van der Waals surface area contributed by atoms with Crippen LogP contribution in [0.15, 0.2) is 16.7 Å². The predicted molar refractivity (Wildman–Crippen MR) is 51.0 cm³/mol. The summed E-state index contributed by atoms with van der Waals surface area (Å²) in [4.78, 5) is 5.92. The monoisotopic (exact) mass is 225 g/mol. The smallest absolute Gasteiger partial charge is 0.146 e. The van der Waals surface area contributed by atoms with E-state index in [1.54, 1.807) is 12.3 Å². The minimum atomic E-state index is 0.578. The Kier molecular flexibility index (Phi) is 2.66. The molecular weight excluding hydrogens is 218 g/mol. The molecule has 1 heterocycles. The van der Waals surface area contributed by atoms with Crippen molar-refractivity contribution in [2.45, 2.75) is 0 Å². The van der Waals surface area contributed by atoms with E-state index < -0.39 is 0 Å². The quantitative estimate of drug-likeness (QED) is 0.732. The number of anilines is 1. The minimum absolute atomic E-state index is 0.578. The molecule has 0 N–H and O–H groups in total. The Morgan fingerprint density at radius 1 is 1.58 bits per heavy atom. The van der Waals surface area contributed by atoms with Gasteiger partial charge >= 0.3 is 0 Å². The fourth-order valence-electron chi connectivity index (χ4n) is 0.871. The number of hydrogen-bond acceptors (Lipinski definition) is 3. The highest BCUT2D eigenvalue weighted by molar-refractivity contribution is 9.10. The van der Waals surface area contributed by atoms with Crippen LogP contribution in [0.3, 0.4) is 0 Å². The number of pyridine rings is 1. The first-order valence-corrected chi connectivity index (χ1v) is 4.17. The lowest BCUT2D eigenvalue weighted by atomic mass is 10.3. The molecule has 4 heteroatoms. The molecule has 0 saturated carbocycles. The third kappa shape index (κ3) is 1.74. The van der Waals surface area contributed by atoms with E-state index in [1.807, 2.05) is 19.0 Å². The van der Waals surface area contributed by atoms with Gasteiger partial charge in [-0.25, -0.2) is 4.98 Å². The standard InChI is InChI=1S/C8H8BrN3/c1-12(2)8-6(4-10)3-7(9)5-11-8/h3,5H,1-2H3. The molecule has 3 nitrogen and oxygen atoms in total. The van der Waals surface area contributed by atoms with Crippen LogP contribution in [-0.2, 0) is 0 Å². The summed E-state index contributed by atoms with van der Waals surface area (Å²) in [6.45, 7) is 0. The topological polar surface area (TPSA) is 39.9 Å². The lowest BCUT2D eigenvalue weighted by Gasteiger charge is -2.11. The number of rotatable bonds is 1. The normalized spacial score (nSPS) is 9.17. The van der Waals surface area contributed by atoms with Crippen LogP contribution in [0.4, 0.5) is 5.82 Å². The largest absolute Gasteiger partial charge is 0.362 e. The molecule has 0 atom stereocenters. The van der Waals surface area contributed by atoms with Gasteiger partial charge in [-0.2, -0.15) is 5.26 Å². The highest BCUT2D eigenvalue weighted by Gasteiger charge is 2.05. The first-order chi connectivity index (χ1) is 5.65. The van der Waals surface area contributed by atoms with Gasteiger partial charge in [0, 0.05) is 24.8 Å². The fraction of sp³-hybridized carbons (Fsp3) is 0.250. The lowest BCUT2D eigenvalue weighted by molar-refractivity contribution is 1.06. The highest BCUT2D eigenvalue weighted by Crippen LogP contribution is 2.18. The van der Waals surface area contributed by atoms with Crippen LogP contribution in [0, 0.1) is 11.3 Å². The lowest BCUT2D eigenvalue weighted by Crippen LogP contribution is -2.12. The van der Waals surface area contributed by atoms with Crippen molar-refractivity contribution >= 4 is 21.7 Å². The highest BCUT2D eigenvalue weighted by atomic mass is 79.9. The first-order valence-electron chi connectivity index (χ1n) is 3.38. The van der Waals surface area contributed by atoms with E-state index in [2.05, 4.69) is 27.0 Å². The Hall–Kier alpha value is -1.08. The van der Waals surface area contributed by atoms with Crippen LogP contribution in [0.25, 0.3) is 0 Å². The molecule has 12 heavy (non-hydrogen) atoms. The van der Waals surface area contributed by atoms with E-state index in [-0.39, 0.29) is 0 Å². The van der Waals surface area contributed by atoms with Crippen LogP contribution in [-0.4, -0.2) is 19.1 Å². The van der Waals surface area contributed by atoms with Crippen molar-refractivity contribution in [1.82, 2.24) is 4.98 Å². The van der Waals surface area contributed by atoms with Crippen LogP contribution in [0.1, 0.15) is 5.56 Å². The maximum atomic E-state index is 8.75. The van der Waals surface area contributed by atoms with Gasteiger partial charge in [0.05, 0.1) is 5.56 Å². The summed E-state index contributed by atoms with van der Waals surface area (Å²) < 4.78 is 0.824. The van der Waals surface area contributed by atoms with Gasteiger partial charge in [0.2, 0.25) is 0 Å². The number of aromatic nitrogens is 1. The summed E-state index contributed by atoms with van der Waals surface area (Å²) in [5.74, 6) is 0.695. The van der Waals surface area contributed by atoms with Crippen molar-refractivity contribution in [3.05, 3.63) is 22.3 Å². The molecular formula is C8H8BrN3. The zero-order chi connectivity index (χ0) is 9.14. The summed E-state index contributed by atoms with van der Waals surface area (Å²) in [5.41, 5.74) is 0.578. The summed E-state index contributed by atoms with van der Waals surface area (Å²) >= 11 is 3.25. The van der Waals surface area contributed by atoms with Crippen LogP contribution >= 0.6 is 15.9 Å². The van der Waals surface area contributed by atoms with Gasteiger partial charge in [0.15, 0.2) is 0 Å². The van der Waals surface area contributed by atoms with Gasteiger partial charge < -0.3 is 4.90 Å². The van der Waals surface area contributed by atoms with E-state index in [4.69, 9.17) is 5.26 Å². The summed E-state index contributed by atoms with van der Waals surface area (Å²) in [5, 5.41) is 8.75. The molecule has 1 rings (SSSR count). The Morgan fingerprint density at radius 3 is 2.75 bits per heavy atom. The van der Waals surface area contributed by atoms with Crippen LogP contribution in [0.2, 0.25) is 0 Å². The maximum absolute atomic E-state index is 8.75. The van der Waals surface area contributed by atoms with Crippen molar-refractivity contribution in [1.29, 1.82) is 5.26 Å². The van der Waals surface area contributed by atoms with Crippen LogP contribution in [0.5, 0.6) is 0 Å². The summed E-state index contributed by atoms with van der Waals surface area (Å²) in [7, 11) is 3.72. The fourth-order valence-corrected chi connectivity index (χ4v) is 1.20. The number of nitriles is 1. The Labute approximate surface area is 79.8 Å². The second kappa shape index (κ2) is 3.55. The van der Waals surface area contributed by atoms with E-state index in [1.165, 1.54) is 0 Å². The van der Waals surface area contributed by atoms with Crippen molar-refractivity contribution in [2.75, 3.05) is 19.0 Å². The van der Waals surface area contributed by atoms with Crippen LogP contribution < -0.4 is 4.90 Å². The molecule has 1 aromatic heterocycles. The SMILES string of the molecule is CN(C)c1ncc(Br)cc1C#N. The van der Waals surface area contributed by atoms with E-state index in [9.17, 15) is 0 Å². The molecule has 0 amide bonds. The second-order valence-corrected chi connectivity index (χ2v) is 3.45. The molecule has 1 aromatic rings. The third-order valence-corrected chi connectivity index (χ3v) is 1.81. The Balaban J connectivity index is 3.23. The van der Waals surface area contributed by atoms with Crippen molar-refractivity contribution in [3.8, 4) is 6.07 Å². The number of hydrogen-bond donors (Lipinski definition) is 0. The van der Waals surface area contributed by atoms with Gasteiger partial charge in [0.25, 0.3) is 0 Å². The zero-order valence-electron chi connectivity index (χ0n) is 6.87. The average molecular weight is 226 g/mol. The van der Waals surface area contributed by atoms with Crippen molar-refractivity contribution < 1.29 is 0 Å². The molecule has 0 aromatic carbocycles. The first kappa shape index (κ1) is 9.01. The molecule has 0 radical (unpaired) electrons. The summed E-state index contributed by atoms with van der Waals surface area (Å²) in [6, 6.07) is 3.84. The molecule has 62 valence electrons. The molecule has 0 saturated heterocycles. The molecule has 0 unspecified atom stereocenters. The summed E-state index contributed by atoms with van der Waals surface area (Å²) in [6.07, 6.45) is 1.68. The molecule has 0 spiro atoms. The minimum Gasteiger partial charge on any atom is -0.362 e.